The molecule has 0 saturated heterocycles. The molecule has 0 bridgehead atoms. The van der Waals surface area contributed by atoms with Crippen LogP contribution in [0.2, 0.25) is 0 Å². The lowest BCUT2D eigenvalue weighted by atomic mass is 10.2. The van der Waals surface area contributed by atoms with Crippen LogP contribution < -0.4 is 4.90 Å². The normalized spacial score (nSPS) is 10.8. The summed E-state index contributed by atoms with van der Waals surface area (Å²) in [5.74, 6) is -0.693. The molecule has 2 rings (SSSR count). The number of nitro groups is 1. The van der Waals surface area contributed by atoms with Gasteiger partial charge in [-0.05, 0) is 57.2 Å². The van der Waals surface area contributed by atoms with Crippen molar-refractivity contribution < 1.29 is 41.4 Å². The van der Waals surface area contributed by atoms with E-state index in [-0.39, 0.29) is 18.3 Å². The van der Waals surface area contributed by atoms with Crippen LogP contribution in [0.3, 0.4) is 0 Å². The fourth-order valence-electron chi connectivity index (χ4n) is 2.86. The van der Waals surface area contributed by atoms with E-state index in [1.54, 1.807) is 26.0 Å². The topological polar surface area (TPSA) is 181 Å². The fourth-order valence-corrected chi connectivity index (χ4v) is 2.86. The monoisotopic (exact) mass is 649 g/mol. The maximum Gasteiger partial charge on any atom is 0.333 e. The minimum atomic E-state index is -3.92. The van der Waals surface area contributed by atoms with Crippen LogP contribution in [0.1, 0.15) is 20.8 Å². The van der Waals surface area contributed by atoms with Crippen molar-refractivity contribution in [3.63, 3.8) is 0 Å². The first-order valence-corrected chi connectivity index (χ1v) is 15.4. The second-order valence-electron chi connectivity index (χ2n) is 10.6. The molecular formula is C30H43N5O9S. The minimum Gasteiger partial charge on any atom is -0.748 e. The molecule has 14 nitrogen and oxygen atoms in total. The summed E-state index contributed by atoms with van der Waals surface area (Å²) >= 11 is 0. The van der Waals surface area contributed by atoms with Gasteiger partial charge in [0.05, 0.1) is 54.1 Å². The molecule has 0 aromatic heterocycles. The summed E-state index contributed by atoms with van der Waals surface area (Å²) in [6, 6.07) is 13.3. The highest BCUT2D eigenvalue weighted by atomic mass is 32.2. The predicted molar refractivity (Wildman–Crippen MR) is 172 cm³/mol. The molecule has 15 heteroatoms. The third kappa shape index (κ3) is 21.0. The smallest absolute Gasteiger partial charge is 0.333 e. The highest BCUT2D eigenvalue weighted by Crippen LogP contribution is 2.23. The molecule has 0 heterocycles. The maximum absolute atomic E-state index is 11.4. The molecule has 0 saturated carbocycles. The van der Waals surface area contributed by atoms with Crippen LogP contribution in [-0.4, -0.2) is 94.6 Å². The maximum atomic E-state index is 11.4. The van der Waals surface area contributed by atoms with E-state index in [4.69, 9.17) is 22.4 Å². The highest BCUT2D eigenvalue weighted by molar-refractivity contribution is 7.84. The lowest BCUT2D eigenvalue weighted by molar-refractivity contribution is -0.870. The Balaban J connectivity index is 0.000000941. The number of esters is 2. The highest BCUT2D eigenvalue weighted by Gasteiger charge is 2.10. The van der Waals surface area contributed by atoms with E-state index in [0.717, 1.165) is 23.3 Å². The number of likely N-dealkylation sites (N-methyl/N-ethyl adjacent to an activating group) is 2. The van der Waals surface area contributed by atoms with Crippen molar-refractivity contribution in [1.82, 2.24) is 0 Å². The van der Waals surface area contributed by atoms with Crippen molar-refractivity contribution in [2.45, 2.75) is 20.8 Å². The van der Waals surface area contributed by atoms with Crippen LogP contribution in [0.5, 0.6) is 0 Å². The van der Waals surface area contributed by atoms with Crippen LogP contribution >= 0.6 is 0 Å². The van der Waals surface area contributed by atoms with Gasteiger partial charge in [-0.15, -0.1) is 0 Å². The molecule has 0 unspecified atom stereocenters. The van der Waals surface area contributed by atoms with E-state index in [9.17, 15) is 19.7 Å². The average Bonchev–Trinajstić information content (AvgIpc) is 2.93. The molecule has 2 aromatic carbocycles. The Morgan fingerprint density at radius 1 is 0.889 bits per heavy atom. The molecule has 45 heavy (non-hydrogen) atoms. The van der Waals surface area contributed by atoms with Crippen LogP contribution in [-0.2, 0) is 29.2 Å². The number of benzene rings is 2. The van der Waals surface area contributed by atoms with Gasteiger partial charge in [-0.2, -0.15) is 10.2 Å². The number of hydrogen-bond donors (Lipinski definition) is 0. The van der Waals surface area contributed by atoms with E-state index in [1.807, 2.05) is 31.2 Å². The van der Waals surface area contributed by atoms with Gasteiger partial charge in [0.15, 0.2) is 0 Å². The number of anilines is 1. The summed E-state index contributed by atoms with van der Waals surface area (Å²) in [5, 5.41) is 18.9. The Morgan fingerprint density at radius 2 is 1.29 bits per heavy atom. The quantitative estimate of drug-likeness (QED) is 0.0549. The summed E-state index contributed by atoms with van der Waals surface area (Å²) in [4.78, 5) is 34.6. The van der Waals surface area contributed by atoms with Crippen molar-refractivity contribution in [1.29, 1.82) is 0 Å². The first-order chi connectivity index (χ1) is 20.7. The van der Waals surface area contributed by atoms with Gasteiger partial charge in [-0.3, -0.25) is 10.1 Å². The van der Waals surface area contributed by atoms with E-state index < -0.39 is 21.0 Å². The molecule has 0 radical (unpaired) electrons. The van der Waals surface area contributed by atoms with E-state index in [2.05, 4.69) is 49.4 Å². The van der Waals surface area contributed by atoms with Crippen molar-refractivity contribution >= 4 is 44.8 Å². The van der Waals surface area contributed by atoms with Gasteiger partial charge in [0, 0.05) is 41.8 Å². The molecule has 0 spiro atoms. The number of hydrogen-bond acceptors (Lipinski definition) is 12. The third-order valence-electron chi connectivity index (χ3n) is 5.22. The minimum absolute atomic E-state index is 0.0110. The number of azo groups is 1. The molecule has 0 amide bonds. The SMILES string of the molecule is C=C(C)C(=O)OCCN(CC)c1ccc(N=Nc2ccc([N+](=O)[O-])cc2)cc1.C=C(C)C(=O)OCC[N+](C)(C)C.CS(=O)(=O)[O-]. The lowest BCUT2D eigenvalue weighted by Gasteiger charge is -2.23. The van der Waals surface area contributed by atoms with E-state index >= 15 is 0 Å². The number of ether oxygens (including phenoxy) is 2. The number of nitrogens with zero attached hydrogens (tertiary/aromatic N) is 5. The standard InChI is InChI=1S/C20H22N4O4.C9H18NO2.CH4O3S/c1-4-23(13-14-28-20(25)15(2)3)18-9-5-16(6-10-18)21-22-17-7-11-19(12-8-17)24(26)27;1-8(2)9(11)12-7-6-10(3,4)5;1-5(2,3)4/h5-12H,2,4,13-14H2,1,3H3;1,6-7H2,2-5H3;1H3,(H,2,3,4)/q;+1;/p-1. The van der Waals surface area contributed by atoms with Crippen LogP contribution in [0.4, 0.5) is 22.7 Å². The lowest BCUT2D eigenvalue weighted by Crippen LogP contribution is -2.38. The predicted octanol–water partition coefficient (Wildman–Crippen LogP) is 4.93. The van der Waals surface area contributed by atoms with Gasteiger partial charge in [-0.1, -0.05) is 13.2 Å². The summed E-state index contributed by atoms with van der Waals surface area (Å²) in [6.07, 6.45) is 0.604. The van der Waals surface area contributed by atoms with Crippen LogP contribution in [0, 0.1) is 10.1 Å². The Kier molecular flexibility index (Phi) is 17.8. The zero-order chi connectivity index (χ0) is 34.8. The first kappa shape index (κ1) is 40.5. The molecule has 0 aliphatic rings. The average molecular weight is 650 g/mol. The summed E-state index contributed by atoms with van der Waals surface area (Å²) < 4.78 is 38.1. The third-order valence-corrected chi connectivity index (χ3v) is 5.22. The molecule has 0 aliphatic carbocycles. The molecule has 0 aliphatic heterocycles. The van der Waals surface area contributed by atoms with E-state index in [1.165, 1.54) is 12.1 Å². The van der Waals surface area contributed by atoms with Crippen LogP contribution in [0.15, 0.2) is 83.1 Å². The summed E-state index contributed by atoms with van der Waals surface area (Å²) in [5.41, 5.74) is 3.01. The molecule has 2 aromatic rings. The zero-order valence-corrected chi connectivity index (χ0v) is 27.7. The molecule has 248 valence electrons. The number of nitro benzene ring substituents is 1. The Bertz CT molecular complexity index is 1410. The molecule has 0 N–H and O–H groups in total. The number of carbonyl (C=O) groups is 2. The Hall–Kier alpha value is -4.47. The second kappa shape index (κ2) is 19.7. The second-order valence-corrected chi connectivity index (χ2v) is 12.0. The van der Waals surface area contributed by atoms with Crippen LogP contribution in [0.25, 0.3) is 0 Å². The fraction of sp³-hybridized carbons (Fsp3) is 0.400. The van der Waals surface area contributed by atoms with Gasteiger partial charge < -0.3 is 23.4 Å². The Labute approximate surface area is 265 Å². The largest absolute Gasteiger partial charge is 0.748 e. The van der Waals surface area contributed by atoms with Gasteiger partial charge in [0.25, 0.3) is 5.69 Å². The van der Waals surface area contributed by atoms with Crippen molar-refractivity contribution in [2.75, 3.05) is 65.1 Å². The van der Waals surface area contributed by atoms with Gasteiger partial charge in [-0.25, -0.2) is 18.0 Å². The van der Waals surface area contributed by atoms with Gasteiger partial charge >= 0.3 is 11.9 Å². The van der Waals surface area contributed by atoms with Gasteiger partial charge in [0.1, 0.15) is 19.8 Å². The zero-order valence-electron chi connectivity index (χ0n) is 26.9. The number of non-ortho nitro benzene ring substituents is 1. The molecule has 0 fully saturated rings. The summed E-state index contributed by atoms with van der Waals surface area (Å²) in [6.45, 7) is 15.2. The van der Waals surface area contributed by atoms with Crippen molar-refractivity contribution in [2.24, 2.45) is 10.2 Å². The van der Waals surface area contributed by atoms with Gasteiger partial charge in [0.2, 0.25) is 0 Å². The number of carbonyl (C=O) groups excluding carboxylic acids is 2. The molecule has 0 atom stereocenters. The van der Waals surface area contributed by atoms with Crippen molar-refractivity contribution in [3.8, 4) is 0 Å². The number of rotatable bonds is 13. The number of quaternary nitrogens is 1. The van der Waals surface area contributed by atoms with Crippen molar-refractivity contribution in [3.05, 3.63) is 82.9 Å². The van der Waals surface area contributed by atoms with E-state index in [0.29, 0.717) is 41.9 Å². The Morgan fingerprint density at radius 3 is 1.64 bits per heavy atom. The molecular weight excluding hydrogens is 606 g/mol. The first-order valence-electron chi connectivity index (χ1n) is 13.6. The summed E-state index contributed by atoms with van der Waals surface area (Å²) in [7, 11) is 2.23.